The van der Waals surface area contributed by atoms with Crippen LogP contribution >= 0.6 is 11.6 Å². The van der Waals surface area contributed by atoms with Gasteiger partial charge in [-0.2, -0.15) is 0 Å². The second-order valence-corrected chi connectivity index (χ2v) is 6.67. The molecule has 1 aliphatic heterocycles. The standard InChI is InChI=1S/C17H26ClN3O3/c1-11(2)21-6-5-12(10-21)9-19-17(22)20-14-8-15(23-3)13(18)7-16(14)24-4/h7-8,11-12H,5-6,9-10H2,1-4H3,(H2,19,20,22). The van der Waals surface area contributed by atoms with Crippen LogP contribution in [0.3, 0.4) is 0 Å². The van der Waals surface area contributed by atoms with Crippen molar-refractivity contribution in [2.24, 2.45) is 5.92 Å². The molecule has 1 saturated heterocycles. The van der Waals surface area contributed by atoms with Gasteiger partial charge in [0.05, 0.1) is 24.9 Å². The molecule has 1 aliphatic rings. The third-order valence-electron chi connectivity index (χ3n) is 4.32. The maximum Gasteiger partial charge on any atom is 0.319 e. The zero-order valence-electron chi connectivity index (χ0n) is 14.7. The van der Waals surface area contributed by atoms with Crippen molar-refractivity contribution in [2.75, 3.05) is 39.2 Å². The van der Waals surface area contributed by atoms with E-state index >= 15 is 0 Å². The summed E-state index contributed by atoms with van der Waals surface area (Å²) in [6.45, 7) is 7.16. The summed E-state index contributed by atoms with van der Waals surface area (Å²) < 4.78 is 10.4. The number of benzene rings is 1. The number of ether oxygens (including phenoxy) is 2. The van der Waals surface area contributed by atoms with E-state index in [4.69, 9.17) is 21.1 Å². The molecule has 0 aliphatic carbocycles. The Labute approximate surface area is 148 Å². The van der Waals surface area contributed by atoms with Gasteiger partial charge in [-0.25, -0.2) is 4.79 Å². The first-order valence-corrected chi connectivity index (χ1v) is 8.52. The van der Waals surface area contributed by atoms with Crippen LogP contribution in [0, 0.1) is 5.92 Å². The molecule has 0 spiro atoms. The van der Waals surface area contributed by atoms with E-state index in [-0.39, 0.29) is 6.03 Å². The first-order valence-electron chi connectivity index (χ1n) is 8.15. The number of nitrogens with one attached hydrogen (secondary N) is 2. The van der Waals surface area contributed by atoms with Crippen LogP contribution in [0.25, 0.3) is 0 Å². The number of halogens is 1. The average molecular weight is 356 g/mol. The third-order valence-corrected chi connectivity index (χ3v) is 4.62. The van der Waals surface area contributed by atoms with Gasteiger partial charge in [0.25, 0.3) is 0 Å². The highest BCUT2D eigenvalue weighted by atomic mass is 35.5. The molecular formula is C17H26ClN3O3. The highest BCUT2D eigenvalue weighted by Crippen LogP contribution is 2.35. The van der Waals surface area contributed by atoms with Crippen molar-refractivity contribution >= 4 is 23.3 Å². The second kappa shape index (κ2) is 8.44. The number of hydrogen-bond donors (Lipinski definition) is 2. The van der Waals surface area contributed by atoms with Crippen LogP contribution in [0.15, 0.2) is 12.1 Å². The van der Waals surface area contributed by atoms with Crippen molar-refractivity contribution in [1.82, 2.24) is 10.2 Å². The Morgan fingerprint density at radius 1 is 1.33 bits per heavy atom. The summed E-state index contributed by atoms with van der Waals surface area (Å²) in [4.78, 5) is 14.6. The van der Waals surface area contributed by atoms with Gasteiger partial charge in [-0.05, 0) is 32.7 Å². The molecule has 1 fully saturated rings. The summed E-state index contributed by atoms with van der Waals surface area (Å²) in [7, 11) is 3.05. The summed E-state index contributed by atoms with van der Waals surface area (Å²) in [5, 5.41) is 6.15. The molecule has 24 heavy (non-hydrogen) atoms. The Bertz CT molecular complexity index is 580. The fraction of sp³-hybridized carbons (Fsp3) is 0.588. The van der Waals surface area contributed by atoms with Crippen molar-refractivity contribution in [3.05, 3.63) is 17.2 Å². The van der Waals surface area contributed by atoms with Crippen LogP contribution in [0.2, 0.25) is 5.02 Å². The molecule has 0 radical (unpaired) electrons. The van der Waals surface area contributed by atoms with Crippen molar-refractivity contribution < 1.29 is 14.3 Å². The summed E-state index contributed by atoms with van der Waals surface area (Å²) in [5.41, 5.74) is 0.520. The summed E-state index contributed by atoms with van der Waals surface area (Å²) >= 11 is 6.07. The summed E-state index contributed by atoms with van der Waals surface area (Å²) in [6, 6.07) is 3.56. The normalized spacial score (nSPS) is 17.8. The van der Waals surface area contributed by atoms with Gasteiger partial charge in [0.2, 0.25) is 0 Å². The van der Waals surface area contributed by atoms with E-state index in [9.17, 15) is 4.79 Å². The van der Waals surface area contributed by atoms with E-state index in [0.29, 0.717) is 40.7 Å². The van der Waals surface area contributed by atoms with E-state index in [2.05, 4.69) is 29.4 Å². The largest absolute Gasteiger partial charge is 0.495 e. The number of methoxy groups -OCH3 is 2. The maximum absolute atomic E-state index is 12.2. The average Bonchev–Trinajstić information content (AvgIpc) is 3.03. The fourth-order valence-corrected chi connectivity index (χ4v) is 3.09. The minimum Gasteiger partial charge on any atom is -0.495 e. The first-order chi connectivity index (χ1) is 11.4. The lowest BCUT2D eigenvalue weighted by molar-refractivity contribution is 0.247. The number of urea groups is 1. The third kappa shape index (κ3) is 4.68. The van der Waals surface area contributed by atoms with Gasteiger partial charge >= 0.3 is 6.03 Å². The Morgan fingerprint density at radius 2 is 2.04 bits per heavy atom. The number of nitrogens with zero attached hydrogens (tertiary/aromatic N) is 1. The van der Waals surface area contributed by atoms with Crippen LogP contribution < -0.4 is 20.1 Å². The van der Waals surface area contributed by atoms with Crippen molar-refractivity contribution in [3.63, 3.8) is 0 Å². The van der Waals surface area contributed by atoms with Crippen molar-refractivity contribution in [2.45, 2.75) is 26.3 Å². The number of anilines is 1. The van der Waals surface area contributed by atoms with Crippen molar-refractivity contribution in [3.8, 4) is 11.5 Å². The molecule has 1 aromatic rings. The van der Waals surface area contributed by atoms with E-state index in [1.165, 1.54) is 14.2 Å². The van der Waals surface area contributed by atoms with Crippen LogP contribution in [0.4, 0.5) is 10.5 Å². The number of rotatable bonds is 6. The van der Waals surface area contributed by atoms with Gasteiger partial charge in [0.1, 0.15) is 11.5 Å². The molecule has 6 nitrogen and oxygen atoms in total. The number of amides is 2. The zero-order chi connectivity index (χ0) is 17.7. The predicted molar refractivity (Wildman–Crippen MR) is 96.4 cm³/mol. The number of likely N-dealkylation sites (tertiary alicyclic amines) is 1. The molecule has 1 aromatic carbocycles. The molecular weight excluding hydrogens is 330 g/mol. The Hall–Kier alpha value is -1.66. The van der Waals surface area contributed by atoms with Crippen LogP contribution in [-0.4, -0.2) is 50.8 Å². The number of hydrogen-bond acceptors (Lipinski definition) is 4. The van der Waals surface area contributed by atoms with Crippen molar-refractivity contribution in [1.29, 1.82) is 0 Å². The molecule has 0 bridgehead atoms. The monoisotopic (exact) mass is 355 g/mol. The van der Waals surface area contributed by atoms with Gasteiger partial charge in [-0.15, -0.1) is 0 Å². The molecule has 0 aromatic heterocycles. The topological polar surface area (TPSA) is 62.8 Å². The number of carbonyl (C=O) groups excluding carboxylic acids is 1. The van der Waals surface area contributed by atoms with Crippen LogP contribution in [0.5, 0.6) is 11.5 Å². The lowest BCUT2D eigenvalue weighted by atomic mass is 10.1. The maximum atomic E-state index is 12.2. The summed E-state index contributed by atoms with van der Waals surface area (Å²) in [6.07, 6.45) is 1.11. The molecule has 1 atom stereocenters. The highest BCUT2D eigenvalue weighted by Gasteiger charge is 2.24. The first kappa shape index (κ1) is 18.7. The summed E-state index contributed by atoms with van der Waals surface area (Å²) in [5.74, 6) is 1.46. The lowest BCUT2D eigenvalue weighted by Crippen LogP contribution is -2.35. The van der Waals surface area contributed by atoms with E-state index in [1.807, 2.05) is 0 Å². The van der Waals surface area contributed by atoms with Crippen LogP contribution in [-0.2, 0) is 0 Å². The molecule has 1 unspecified atom stereocenters. The highest BCUT2D eigenvalue weighted by molar-refractivity contribution is 6.32. The molecule has 7 heteroatoms. The van der Waals surface area contributed by atoms with E-state index in [1.54, 1.807) is 12.1 Å². The fourth-order valence-electron chi connectivity index (χ4n) is 2.86. The Morgan fingerprint density at radius 3 is 2.62 bits per heavy atom. The molecule has 0 saturated carbocycles. The smallest absolute Gasteiger partial charge is 0.319 e. The second-order valence-electron chi connectivity index (χ2n) is 6.27. The molecule has 134 valence electrons. The van der Waals surface area contributed by atoms with E-state index in [0.717, 1.165) is 19.5 Å². The zero-order valence-corrected chi connectivity index (χ0v) is 15.4. The molecule has 2 N–H and O–H groups in total. The number of carbonyl (C=O) groups is 1. The Balaban J connectivity index is 1.91. The minimum atomic E-state index is -0.263. The predicted octanol–water partition coefficient (Wildman–Crippen LogP) is 3.21. The molecule has 2 rings (SSSR count). The van der Waals surface area contributed by atoms with Crippen LogP contribution in [0.1, 0.15) is 20.3 Å². The quantitative estimate of drug-likeness (QED) is 0.822. The molecule has 2 amide bonds. The van der Waals surface area contributed by atoms with Gasteiger partial charge in [-0.3, -0.25) is 0 Å². The SMILES string of the molecule is COc1cc(NC(=O)NCC2CCN(C(C)C)C2)c(OC)cc1Cl. The lowest BCUT2D eigenvalue weighted by Gasteiger charge is -2.20. The van der Waals surface area contributed by atoms with Gasteiger partial charge in [0, 0.05) is 31.3 Å². The van der Waals surface area contributed by atoms with E-state index < -0.39 is 0 Å². The van der Waals surface area contributed by atoms with Gasteiger partial charge in [-0.1, -0.05) is 11.6 Å². The van der Waals surface area contributed by atoms with Gasteiger partial charge < -0.3 is 25.0 Å². The van der Waals surface area contributed by atoms with Gasteiger partial charge in [0.15, 0.2) is 0 Å². The molecule has 1 heterocycles. The Kier molecular flexibility index (Phi) is 6.57. The minimum absolute atomic E-state index is 0.263.